The monoisotopic (exact) mass is 262 g/mol. The summed E-state index contributed by atoms with van der Waals surface area (Å²) >= 11 is 0. The van der Waals surface area contributed by atoms with Crippen LogP contribution in [0.4, 0.5) is 0 Å². The summed E-state index contributed by atoms with van der Waals surface area (Å²) in [5, 5.41) is 12.5. The van der Waals surface area contributed by atoms with E-state index in [-0.39, 0.29) is 0 Å². The van der Waals surface area contributed by atoms with Gasteiger partial charge in [0.05, 0.1) is 0 Å². The molecule has 0 aromatic heterocycles. The molecule has 0 heterocycles. The first kappa shape index (κ1) is 12.7. The summed E-state index contributed by atoms with van der Waals surface area (Å²) in [6.45, 7) is 4.23. The second-order valence-electron chi connectivity index (χ2n) is 5.42. The highest BCUT2D eigenvalue weighted by Crippen LogP contribution is 2.37. The molecule has 0 spiro atoms. The molecule has 0 fully saturated rings. The highest BCUT2D eigenvalue weighted by molar-refractivity contribution is 5.99. The van der Waals surface area contributed by atoms with E-state index >= 15 is 0 Å². The van der Waals surface area contributed by atoms with Crippen LogP contribution in [0.25, 0.3) is 21.9 Å². The van der Waals surface area contributed by atoms with Crippen molar-refractivity contribution in [2.45, 2.75) is 19.8 Å². The maximum Gasteiger partial charge on any atom is 0.119 e. The lowest BCUT2D eigenvalue weighted by atomic mass is 9.91. The SMILES string of the molecule is CC(C)c1c(O)ccc2c(-c3ccccc3)cccc12. The van der Waals surface area contributed by atoms with E-state index in [1.165, 1.54) is 16.5 Å². The smallest absolute Gasteiger partial charge is 0.119 e. The van der Waals surface area contributed by atoms with Gasteiger partial charge in [0.2, 0.25) is 0 Å². The molecule has 1 heteroatoms. The Morgan fingerprint density at radius 2 is 1.50 bits per heavy atom. The van der Waals surface area contributed by atoms with Gasteiger partial charge in [-0.2, -0.15) is 0 Å². The van der Waals surface area contributed by atoms with Gasteiger partial charge in [-0.25, -0.2) is 0 Å². The molecule has 3 aromatic carbocycles. The Morgan fingerprint density at radius 3 is 2.20 bits per heavy atom. The van der Waals surface area contributed by atoms with Crippen LogP contribution in [0.5, 0.6) is 5.75 Å². The minimum atomic E-state index is 0.296. The van der Waals surface area contributed by atoms with Crippen LogP contribution in [0.1, 0.15) is 25.3 Å². The molecule has 100 valence electrons. The van der Waals surface area contributed by atoms with Crippen molar-refractivity contribution in [3.8, 4) is 16.9 Å². The Balaban J connectivity index is 2.34. The van der Waals surface area contributed by atoms with E-state index in [9.17, 15) is 5.11 Å². The normalized spacial score (nSPS) is 11.2. The minimum absolute atomic E-state index is 0.296. The zero-order valence-electron chi connectivity index (χ0n) is 11.8. The molecule has 3 rings (SSSR count). The van der Waals surface area contributed by atoms with E-state index in [1.807, 2.05) is 18.2 Å². The van der Waals surface area contributed by atoms with Gasteiger partial charge in [-0.15, -0.1) is 0 Å². The molecule has 0 bridgehead atoms. The Kier molecular flexibility index (Phi) is 3.19. The van der Waals surface area contributed by atoms with E-state index < -0.39 is 0 Å². The largest absolute Gasteiger partial charge is 0.508 e. The van der Waals surface area contributed by atoms with E-state index in [4.69, 9.17) is 0 Å². The number of hydrogen-bond donors (Lipinski definition) is 1. The fourth-order valence-corrected chi connectivity index (χ4v) is 2.85. The van der Waals surface area contributed by atoms with E-state index in [0.717, 1.165) is 10.9 Å². The van der Waals surface area contributed by atoms with E-state index in [2.05, 4.69) is 56.3 Å². The Labute approximate surface area is 119 Å². The average molecular weight is 262 g/mol. The molecule has 0 aliphatic rings. The average Bonchev–Trinajstić information content (AvgIpc) is 2.46. The Hall–Kier alpha value is -2.28. The van der Waals surface area contributed by atoms with Gasteiger partial charge in [-0.3, -0.25) is 0 Å². The third-order valence-electron chi connectivity index (χ3n) is 3.74. The number of phenols is 1. The van der Waals surface area contributed by atoms with Crippen LogP contribution in [0.2, 0.25) is 0 Å². The summed E-state index contributed by atoms with van der Waals surface area (Å²) in [6.07, 6.45) is 0. The molecule has 0 radical (unpaired) electrons. The summed E-state index contributed by atoms with van der Waals surface area (Å²) < 4.78 is 0. The van der Waals surface area contributed by atoms with Gasteiger partial charge in [-0.05, 0) is 33.9 Å². The summed E-state index contributed by atoms with van der Waals surface area (Å²) in [5.41, 5.74) is 3.45. The lowest BCUT2D eigenvalue weighted by molar-refractivity contribution is 0.466. The molecule has 1 N–H and O–H groups in total. The number of phenolic OH excluding ortho intramolecular Hbond substituents is 1. The Morgan fingerprint density at radius 1 is 0.750 bits per heavy atom. The first-order valence-corrected chi connectivity index (χ1v) is 6.98. The van der Waals surface area contributed by atoms with Crippen LogP contribution >= 0.6 is 0 Å². The lowest BCUT2D eigenvalue weighted by Crippen LogP contribution is -1.92. The summed E-state index contributed by atoms with van der Waals surface area (Å²) in [4.78, 5) is 0. The molecule has 3 aromatic rings. The van der Waals surface area contributed by atoms with Gasteiger partial charge in [0.1, 0.15) is 5.75 Å². The summed E-state index contributed by atoms with van der Waals surface area (Å²) in [5.74, 6) is 0.683. The number of rotatable bonds is 2. The Bertz CT molecular complexity index is 742. The van der Waals surface area contributed by atoms with E-state index in [0.29, 0.717) is 11.7 Å². The fraction of sp³-hybridized carbons (Fsp3) is 0.158. The van der Waals surface area contributed by atoms with Crippen LogP contribution in [0, 0.1) is 0 Å². The molecule has 0 aliphatic heterocycles. The zero-order valence-corrected chi connectivity index (χ0v) is 11.8. The van der Waals surface area contributed by atoms with Gasteiger partial charge in [0, 0.05) is 5.56 Å². The maximum absolute atomic E-state index is 10.1. The standard InChI is InChI=1S/C19H18O/c1-13(2)19-17-10-6-9-15(14-7-4-3-5-8-14)16(17)11-12-18(19)20/h3-13,20H,1-2H3. The zero-order chi connectivity index (χ0) is 14.1. The van der Waals surface area contributed by atoms with Crippen LogP contribution in [0.3, 0.4) is 0 Å². The van der Waals surface area contributed by atoms with Gasteiger partial charge < -0.3 is 5.11 Å². The second kappa shape index (κ2) is 5.01. The van der Waals surface area contributed by atoms with E-state index in [1.54, 1.807) is 0 Å². The van der Waals surface area contributed by atoms with Gasteiger partial charge in [0.25, 0.3) is 0 Å². The van der Waals surface area contributed by atoms with Crippen molar-refractivity contribution in [3.63, 3.8) is 0 Å². The number of hydrogen-bond acceptors (Lipinski definition) is 1. The van der Waals surface area contributed by atoms with Crippen molar-refractivity contribution in [2.75, 3.05) is 0 Å². The highest BCUT2D eigenvalue weighted by Gasteiger charge is 2.12. The molecule has 20 heavy (non-hydrogen) atoms. The van der Waals surface area contributed by atoms with Crippen molar-refractivity contribution < 1.29 is 5.11 Å². The lowest BCUT2D eigenvalue weighted by Gasteiger charge is -2.15. The topological polar surface area (TPSA) is 20.2 Å². The molecule has 1 nitrogen and oxygen atoms in total. The van der Waals surface area contributed by atoms with Crippen molar-refractivity contribution in [1.82, 2.24) is 0 Å². The third-order valence-corrected chi connectivity index (χ3v) is 3.74. The number of benzene rings is 3. The van der Waals surface area contributed by atoms with Crippen molar-refractivity contribution >= 4 is 10.8 Å². The van der Waals surface area contributed by atoms with Crippen LogP contribution in [-0.4, -0.2) is 5.11 Å². The predicted molar refractivity (Wildman–Crippen MR) is 85.1 cm³/mol. The molecular formula is C19H18O. The van der Waals surface area contributed by atoms with Crippen molar-refractivity contribution in [2.24, 2.45) is 0 Å². The summed E-state index contributed by atoms with van der Waals surface area (Å²) in [7, 11) is 0. The van der Waals surface area contributed by atoms with Crippen LogP contribution < -0.4 is 0 Å². The van der Waals surface area contributed by atoms with Gasteiger partial charge in [-0.1, -0.05) is 68.4 Å². The van der Waals surface area contributed by atoms with Crippen molar-refractivity contribution in [3.05, 3.63) is 66.2 Å². The molecule has 0 aliphatic carbocycles. The number of fused-ring (bicyclic) bond motifs is 1. The molecular weight excluding hydrogens is 244 g/mol. The molecule has 0 saturated heterocycles. The maximum atomic E-state index is 10.1. The molecule has 0 saturated carbocycles. The van der Waals surface area contributed by atoms with Crippen LogP contribution in [-0.2, 0) is 0 Å². The number of aromatic hydroxyl groups is 1. The quantitative estimate of drug-likeness (QED) is 0.661. The fourth-order valence-electron chi connectivity index (χ4n) is 2.85. The second-order valence-corrected chi connectivity index (χ2v) is 5.42. The van der Waals surface area contributed by atoms with Crippen molar-refractivity contribution in [1.29, 1.82) is 0 Å². The summed E-state index contributed by atoms with van der Waals surface area (Å²) in [6, 6.07) is 20.5. The minimum Gasteiger partial charge on any atom is -0.508 e. The first-order valence-electron chi connectivity index (χ1n) is 6.98. The predicted octanol–water partition coefficient (Wildman–Crippen LogP) is 5.34. The molecule has 0 amide bonds. The highest BCUT2D eigenvalue weighted by atomic mass is 16.3. The third kappa shape index (κ3) is 2.05. The van der Waals surface area contributed by atoms with Gasteiger partial charge in [0.15, 0.2) is 0 Å². The van der Waals surface area contributed by atoms with Gasteiger partial charge >= 0.3 is 0 Å². The first-order chi connectivity index (χ1) is 9.68. The van der Waals surface area contributed by atoms with Crippen LogP contribution in [0.15, 0.2) is 60.7 Å². The molecule has 0 unspecified atom stereocenters. The molecule has 0 atom stereocenters.